The summed E-state index contributed by atoms with van der Waals surface area (Å²) in [4.78, 5) is 3.68. The van der Waals surface area contributed by atoms with E-state index in [1.165, 1.54) is 0 Å². The molecule has 0 heterocycles. The Bertz CT molecular complexity index is 508. The minimum Gasteiger partial charge on any atom is -0.351 e. The fourth-order valence-electron chi connectivity index (χ4n) is 1.26. The Labute approximate surface area is 107 Å². The molecular formula is C13H15N5. The van der Waals surface area contributed by atoms with Crippen LogP contribution in [0.25, 0.3) is 0 Å². The van der Waals surface area contributed by atoms with Crippen LogP contribution in [0.3, 0.4) is 0 Å². The average molecular weight is 241 g/mol. The fraction of sp³-hybridized carbons (Fsp3) is 0.308. The maximum Gasteiger partial charge on any atom is 0.212 e. The Balaban J connectivity index is 2.82. The summed E-state index contributed by atoms with van der Waals surface area (Å²) >= 11 is 0. The third-order valence-electron chi connectivity index (χ3n) is 1.93. The molecule has 92 valence electrons. The Morgan fingerprint density at radius 2 is 1.78 bits per heavy atom. The molecule has 0 spiro atoms. The number of guanidine groups is 1. The number of nitriles is 2. The third-order valence-corrected chi connectivity index (χ3v) is 1.93. The number of hydrogen-bond donors (Lipinski definition) is 2. The van der Waals surface area contributed by atoms with Gasteiger partial charge in [0.15, 0.2) is 0 Å². The van der Waals surface area contributed by atoms with Crippen molar-refractivity contribution in [2.45, 2.75) is 26.3 Å². The third kappa shape index (κ3) is 4.54. The van der Waals surface area contributed by atoms with E-state index in [1.807, 2.05) is 26.8 Å². The number of anilines is 1. The van der Waals surface area contributed by atoms with E-state index in [4.69, 9.17) is 10.5 Å². The van der Waals surface area contributed by atoms with Crippen LogP contribution in [0.5, 0.6) is 0 Å². The highest BCUT2D eigenvalue weighted by molar-refractivity contribution is 5.94. The molecule has 18 heavy (non-hydrogen) atoms. The molecule has 0 amide bonds. The van der Waals surface area contributed by atoms with E-state index < -0.39 is 0 Å². The standard InChI is InChI=1S/C13H15N5/c1-13(2,3)18-12(16-9-15)17-11-6-4-10(8-14)5-7-11/h4-7H,1-3H3,(H2,16,17,18). The first-order valence-corrected chi connectivity index (χ1v) is 5.47. The molecule has 2 N–H and O–H groups in total. The van der Waals surface area contributed by atoms with Crippen molar-refractivity contribution < 1.29 is 0 Å². The van der Waals surface area contributed by atoms with Crippen LogP contribution in [0.4, 0.5) is 5.69 Å². The zero-order valence-electron chi connectivity index (χ0n) is 10.7. The topological polar surface area (TPSA) is 84.0 Å². The lowest BCUT2D eigenvalue weighted by molar-refractivity contribution is 0.511. The van der Waals surface area contributed by atoms with Gasteiger partial charge >= 0.3 is 0 Å². The molecule has 0 radical (unpaired) electrons. The monoisotopic (exact) mass is 241 g/mol. The lowest BCUT2D eigenvalue weighted by Gasteiger charge is -2.23. The summed E-state index contributed by atoms with van der Waals surface area (Å²) in [6, 6.07) is 8.96. The molecule has 5 nitrogen and oxygen atoms in total. The van der Waals surface area contributed by atoms with Gasteiger partial charge in [0.05, 0.1) is 11.6 Å². The minimum atomic E-state index is -0.199. The van der Waals surface area contributed by atoms with E-state index in [0.29, 0.717) is 11.5 Å². The van der Waals surface area contributed by atoms with Crippen LogP contribution in [0.1, 0.15) is 26.3 Å². The van der Waals surface area contributed by atoms with Crippen LogP contribution in [0, 0.1) is 22.8 Å². The van der Waals surface area contributed by atoms with Crippen molar-refractivity contribution in [2.75, 3.05) is 5.32 Å². The molecule has 1 aromatic rings. The molecule has 5 heteroatoms. The fourth-order valence-corrected chi connectivity index (χ4v) is 1.26. The first kappa shape index (κ1) is 13.5. The van der Waals surface area contributed by atoms with E-state index in [1.54, 1.807) is 30.5 Å². The summed E-state index contributed by atoms with van der Waals surface area (Å²) in [5.74, 6) is 0.384. The van der Waals surface area contributed by atoms with Crippen molar-refractivity contribution in [3.8, 4) is 12.3 Å². The minimum absolute atomic E-state index is 0.199. The lowest BCUT2D eigenvalue weighted by atomic mass is 10.1. The van der Waals surface area contributed by atoms with Gasteiger partial charge < -0.3 is 10.6 Å². The van der Waals surface area contributed by atoms with Crippen LogP contribution in [-0.2, 0) is 0 Å². The maximum absolute atomic E-state index is 8.70. The molecule has 1 rings (SSSR count). The summed E-state index contributed by atoms with van der Waals surface area (Å²) in [7, 11) is 0. The zero-order valence-corrected chi connectivity index (χ0v) is 10.7. The van der Waals surface area contributed by atoms with Gasteiger partial charge in [0.2, 0.25) is 12.2 Å². The molecule has 0 aliphatic carbocycles. The number of benzene rings is 1. The highest BCUT2D eigenvalue weighted by Crippen LogP contribution is 2.09. The van der Waals surface area contributed by atoms with Gasteiger partial charge in [-0.15, -0.1) is 4.99 Å². The van der Waals surface area contributed by atoms with Crippen LogP contribution < -0.4 is 10.6 Å². The smallest absolute Gasteiger partial charge is 0.212 e. The van der Waals surface area contributed by atoms with Gasteiger partial charge in [0.25, 0.3) is 0 Å². The van der Waals surface area contributed by atoms with Crippen LogP contribution >= 0.6 is 0 Å². The van der Waals surface area contributed by atoms with Crippen LogP contribution in [0.2, 0.25) is 0 Å². The number of nitrogens with one attached hydrogen (secondary N) is 2. The van der Waals surface area contributed by atoms with Gasteiger partial charge in [-0.2, -0.15) is 10.5 Å². The summed E-state index contributed by atoms with van der Waals surface area (Å²) in [5, 5.41) is 23.4. The molecule has 1 aromatic carbocycles. The van der Waals surface area contributed by atoms with Crippen LogP contribution in [0.15, 0.2) is 29.3 Å². The van der Waals surface area contributed by atoms with E-state index in [9.17, 15) is 0 Å². The number of rotatable bonds is 1. The first-order chi connectivity index (χ1) is 8.44. The predicted molar refractivity (Wildman–Crippen MR) is 70.7 cm³/mol. The number of hydrogen-bond acceptors (Lipinski definition) is 3. The van der Waals surface area contributed by atoms with E-state index in [0.717, 1.165) is 5.69 Å². The summed E-state index contributed by atoms with van der Waals surface area (Å²) in [6.07, 6.45) is 1.74. The SMILES string of the molecule is CC(C)(C)N/C(=N/C#N)Nc1ccc(C#N)cc1. The normalized spacial score (nSPS) is 11.3. The largest absolute Gasteiger partial charge is 0.351 e. The molecule has 0 fully saturated rings. The molecular weight excluding hydrogens is 226 g/mol. The van der Waals surface area contributed by atoms with Crippen molar-refractivity contribution in [1.82, 2.24) is 5.32 Å². The van der Waals surface area contributed by atoms with Crippen molar-refractivity contribution in [3.05, 3.63) is 29.8 Å². The second-order valence-electron chi connectivity index (χ2n) is 4.75. The summed E-state index contributed by atoms with van der Waals surface area (Å²) in [6.45, 7) is 5.92. The molecule has 0 aromatic heterocycles. The maximum atomic E-state index is 8.70. The average Bonchev–Trinajstić information content (AvgIpc) is 2.28. The first-order valence-electron chi connectivity index (χ1n) is 5.47. The highest BCUT2D eigenvalue weighted by Gasteiger charge is 2.12. The van der Waals surface area contributed by atoms with Gasteiger partial charge in [-0.05, 0) is 45.0 Å². The van der Waals surface area contributed by atoms with Crippen molar-refractivity contribution in [2.24, 2.45) is 4.99 Å². The van der Waals surface area contributed by atoms with Gasteiger partial charge in [-0.25, -0.2) is 0 Å². The lowest BCUT2D eigenvalue weighted by Crippen LogP contribution is -2.44. The molecule has 0 unspecified atom stereocenters. The molecule has 0 aliphatic rings. The Morgan fingerprint density at radius 1 is 1.17 bits per heavy atom. The second kappa shape index (κ2) is 5.70. The molecule has 0 saturated carbocycles. The quantitative estimate of drug-likeness (QED) is 0.448. The number of nitrogens with zero attached hydrogens (tertiary/aromatic N) is 3. The molecule has 0 bridgehead atoms. The predicted octanol–water partition coefficient (Wildman–Crippen LogP) is 2.20. The number of aliphatic imine (C=N–C) groups is 1. The highest BCUT2D eigenvalue weighted by atomic mass is 15.2. The second-order valence-corrected chi connectivity index (χ2v) is 4.75. The summed E-state index contributed by atoms with van der Waals surface area (Å²) < 4.78 is 0. The van der Waals surface area contributed by atoms with Gasteiger partial charge in [-0.1, -0.05) is 0 Å². The Kier molecular flexibility index (Phi) is 4.28. The van der Waals surface area contributed by atoms with Crippen LogP contribution in [-0.4, -0.2) is 11.5 Å². The van der Waals surface area contributed by atoms with Gasteiger partial charge in [-0.3, -0.25) is 0 Å². The van der Waals surface area contributed by atoms with E-state index >= 15 is 0 Å². The summed E-state index contributed by atoms with van der Waals surface area (Å²) in [5.41, 5.74) is 1.15. The molecule has 0 atom stereocenters. The zero-order chi connectivity index (χ0) is 13.6. The Morgan fingerprint density at radius 3 is 2.22 bits per heavy atom. The Hall–Kier alpha value is -2.53. The van der Waals surface area contributed by atoms with Gasteiger partial charge in [0, 0.05) is 11.2 Å². The van der Waals surface area contributed by atoms with Crippen molar-refractivity contribution >= 4 is 11.6 Å². The molecule has 0 saturated heterocycles. The van der Waals surface area contributed by atoms with Crippen molar-refractivity contribution in [3.63, 3.8) is 0 Å². The van der Waals surface area contributed by atoms with Crippen molar-refractivity contribution in [1.29, 1.82) is 10.5 Å². The van der Waals surface area contributed by atoms with E-state index in [-0.39, 0.29) is 5.54 Å². The van der Waals surface area contributed by atoms with E-state index in [2.05, 4.69) is 15.6 Å². The molecule has 0 aliphatic heterocycles. The van der Waals surface area contributed by atoms with Gasteiger partial charge in [0.1, 0.15) is 0 Å².